The zero-order chi connectivity index (χ0) is 14.5. The number of H-pyrrole nitrogens is 1. The first-order valence-electron chi connectivity index (χ1n) is 6.93. The minimum absolute atomic E-state index is 0.0239. The van der Waals surface area contributed by atoms with Crippen LogP contribution >= 0.6 is 0 Å². The van der Waals surface area contributed by atoms with Crippen molar-refractivity contribution in [3.8, 4) is 0 Å². The molecular formula is C15H17N5O. The van der Waals surface area contributed by atoms with Gasteiger partial charge in [0.25, 0.3) is 0 Å². The molecule has 0 saturated heterocycles. The second-order valence-corrected chi connectivity index (χ2v) is 4.56. The molecule has 0 spiro atoms. The zero-order valence-electron chi connectivity index (χ0n) is 11.8. The van der Waals surface area contributed by atoms with Gasteiger partial charge in [0.2, 0.25) is 0 Å². The van der Waals surface area contributed by atoms with Crippen molar-refractivity contribution >= 4 is 17.0 Å². The highest BCUT2D eigenvalue weighted by atomic mass is 16.5. The molecule has 1 unspecified atom stereocenters. The van der Waals surface area contributed by atoms with Gasteiger partial charge < -0.3 is 15.0 Å². The third-order valence-corrected chi connectivity index (χ3v) is 3.22. The monoisotopic (exact) mass is 283 g/mol. The van der Waals surface area contributed by atoms with E-state index in [1.165, 1.54) is 6.33 Å². The second kappa shape index (κ2) is 6.32. The van der Waals surface area contributed by atoms with Gasteiger partial charge in [0.05, 0.1) is 12.4 Å². The van der Waals surface area contributed by atoms with Gasteiger partial charge in [-0.3, -0.25) is 0 Å². The first kappa shape index (κ1) is 13.5. The van der Waals surface area contributed by atoms with E-state index < -0.39 is 0 Å². The summed E-state index contributed by atoms with van der Waals surface area (Å²) >= 11 is 0. The number of aromatic nitrogens is 4. The van der Waals surface area contributed by atoms with E-state index in [0.29, 0.717) is 18.8 Å². The summed E-state index contributed by atoms with van der Waals surface area (Å²) in [6, 6.07) is 10.2. The molecule has 2 heterocycles. The van der Waals surface area contributed by atoms with E-state index in [0.717, 1.165) is 16.9 Å². The SMILES string of the molecule is CCOC(CNc1ncnc2nc[nH]c12)c1ccccc1. The molecule has 0 aliphatic rings. The number of hydrogen-bond donors (Lipinski definition) is 2. The van der Waals surface area contributed by atoms with Gasteiger partial charge in [0, 0.05) is 13.2 Å². The summed E-state index contributed by atoms with van der Waals surface area (Å²) in [6.07, 6.45) is 3.09. The van der Waals surface area contributed by atoms with Crippen molar-refractivity contribution < 1.29 is 4.74 Å². The molecule has 6 heteroatoms. The van der Waals surface area contributed by atoms with Crippen LogP contribution in [0.25, 0.3) is 11.2 Å². The minimum Gasteiger partial charge on any atom is -0.372 e. The van der Waals surface area contributed by atoms with Crippen LogP contribution < -0.4 is 5.32 Å². The van der Waals surface area contributed by atoms with Gasteiger partial charge in [-0.1, -0.05) is 30.3 Å². The third kappa shape index (κ3) is 3.00. The maximum Gasteiger partial charge on any atom is 0.182 e. The summed E-state index contributed by atoms with van der Waals surface area (Å²) in [5.74, 6) is 0.734. The van der Waals surface area contributed by atoms with Crippen LogP contribution in [0.15, 0.2) is 43.0 Å². The lowest BCUT2D eigenvalue weighted by atomic mass is 10.1. The maximum absolute atomic E-state index is 5.81. The van der Waals surface area contributed by atoms with Crippen LogP contribution in [-0.4, -0.2) is 33.1 Å². The molecule has 108 valence electrons. The molecule has 3 rings (SSSR count). The van der Waals surface area contributed by atoms with E-state index in [9.17, 15) is 0 Å². The van der Waals surface area contributed by atoms with Gasteiger partial charge in [-0.15, -0.1) is 0 Å². The van der Waals surface area contributed by atoms with Gasteiger partial charge >= 0.3 is 0 Å². The third-order valence-electron chi connectivity index (χ3n) is 3.22. The molecule has 3 aromatic rings. The van der Waals surface area contributed by atoms with Crippen LogP contribution in [0, 0.1) is 0 Å². The highest BCUT2D eigenvalue weighted by Crippen LogP contribution is 2.20. The Bertz CT molecular complexity index is 697. The van der Waals surface area contributed by atoms with E-state index in [1.807, 2.05) is 25.1 Å². The summed E-state index contributed by atoms with van der Waals surface area (Å²) in [5.41, 5.74) is 2.60. The number of imidazole rings is 1. The molecule has 21 heavy (non-hydrogen) atoms. The number of fused-ring (bicyclic) bond motifs is 1. The fourth-order valence-electron chi connectivity index (χ4n) is 2.23. The predicted octanol–water partition coefficient (Wildman–Crippen LogP) is 2.54. The van der Waals surface area contributed by atoms with Gasteiger partial charge in [-0.2, -0.15) is 0 Å². The first-order chi connectivity index (χ1) is 10.4. The fourth-order valence-corrected chi connectivity index (χ4v) is 2.23. The Hall–Kier alpha value is -2.47. The molecule has 0 saturated carbocycles. The number of aromatic amines is 1. The summed E-state index contributed by atoms with van der Waals surface area (Å²) in [4.78, 5) is 15.5. The van der Waals surface area contributed by atoms with Gasteiger partial charge in [0.15, 0.2) is 11.5 Å². The highest BCUT2D eigenvalue weighted by molar-refractivity contribution is 5.81. The van der Waals surface area contributed by atoms with Crippen molar-refractivity contribution in [1.29, 1.82) is 0 Å². The van der Waals surface area contributed by atoms with Crippen molar-refractivity contribution in [2.45, 2.75) is 13.0 Å². The van der Waals surface area contributed by atoms with Gasteiger partial charge in [-0.05, 0) is 12.5 Å². The molecule has 0 aliphatic heterocycles. The lowest BCUT2D eigenvalue weighted by Crippen LogP contribution is -2.16. The number of hydrogen-bond acceptors (Lipinski definition) is 5. The molecule has 0 fully saturated rings. The van der Waals surface area contributed by atoms with Gasteiger partial charge in [0.1, 0.15) is 11.8 Å². The number of ether oxygens (including phenoxy) is 1. The normalized spacial score (nSPS) is 12.4. The average molecular weight is 283 g/mol. The second-order valence-electron chi connectivity index (χ2n) is 4.56. The summed E-state index contributed by atoms with van der Waals surface area (Å²) < 4.78 is 5.81. The van der Waals surface area contributed by atoms with Crippen LogP contribution in [0.3, 0.4) is 0 Å². The summed E-state index contributed by atoms with van der Waals surface area (Å²) in [6.45, 7) is 3.28. The maximum atomic E-state index is 5.81. The molecule has 0 bridgehead atoms. The highest BCUT2D eigenvalue weighted by Gasteiger charge is 2.12. The minimum atomic E-state index is -0.0239. The molecule has 1 aromatic carbocycles. The number of rotatable bonds is 6. The Morgan fingerprint density at radius 1 is 1.19 bits per heavy atom. The number of nitrogens with zero attached hydrogens (tertiary/aromatic N) is 3. The molecule has 1 atom stereocenters. The van der Waals surface area contributed by atoms with Crippen molar-refractivity contribution in [2.75, 3.05) is 18.5 Å². The number of benzene rings is 1. The van der Waals surface area contributed by atoms with E-state index in [4.69, 9.17) is 4.74 Å². The quantitative estimate of drug-likeness (QED) is 0.727. The molecule has 0 radical (unpaired) electrons. The lowest BCUT2D eigenvalue weighted by Gasteiger charge is -2.18. The summed E-state index contributed by atoms with van der Waals surface area (Å²) in [7, 11) is 0. The molecule has 6 nitrogen and oxygen atoms in total. The van der Waals surface area contributed by atoms with Gasteiger partial charge in [-0.25, -0.2) is 15.0 Å². The van der Waals surface area contributed by atoms with Crippen LogP contribution in [0.2, 0.25) is 0 Å². The Labute approximate surface area is 122 Å². The van der Waals surface area contributed by atoms with E-state index in [2.05, 4.69) is 37.4 Å². The van der Waals surface area contributed by atoms with Crippen LogP contribution in [0.5, 0.6) is 0 Å². The molecule has 2 N–H and O–H groups in total. The topological polar surface area (TPSA) is 75.7 Å². The Morgan fingerprint density at radius 2 is 2.05 bits per heavy atom. The zero-order valence-corrected chi connectivity index (χ0v) is 11.8. The lowest BCUT2D eigenvalue weighted by molar-refractivity contribution is 0.0718. The first-order valence-corrected chi connectivity index (χ1v) is 6.93. The molecule has 0 amide bonds. The Kier molecular flexibility index (Phi) is 4.07. The predicted molar refractivity (Wildman–Crippen MR) is 81.0 cm³/mol. The Morgan fingerprint density at radius 3 is 2.86 bits per heavy atom. The van der Waals surface area contributed by atoms with Crippen molar-refractivity contribution in [3.63, 3.8) is 0 Å². The standard InChI is InChI=1S/C15H17N5O/c1-2-21-12(11-6-4-3-5-7-11)8-16-14-13-15(18-9-17-13)20-10-19-14/h3-7,9-10,12H,2,8H2,1H3,(H2,16,17,18,19,20). The summed E-state index contributed by atoms with van der Waals surface area (Å²) in [5, 5.41) is 3.31. The van der Waals surface area contributed by atoms with Crippen LogP contribution in [0.1, 0.15) is 18.6 Å². The molecule has 2 aromatic heterocycles. The Balaban J connectivity index is 1.76. The van der Waals surface area contributed by atoms with E-state index in [-0.39, 0.29) is 6.10 Å². The smallest absolute Gasteiger partial charge is 0.182 e. The van der Waals surface area contributed by atoms with Crippen molar-refractivity contribution in [3.05, 3.63) is 48.5 Å². The van der Waals surface area contributed by atoms with E-state index >= 15 is 0 Å². The fraction of sp³-hybridized carbons (Fsp3) is 0.267. The molecule has 0 aliphatic carbocycles. The number of nitrogens with one attached hydrogen (secondary N) is 2. The van der Waals surface area contributed by atoms with Crippen molar-refractivity contribution in [2.24, 2.45) is 0 Å². The average Bonchev–Trinajstić information content (AvgIpc) is 3.01. The number of anilines is 1. The van der Waals surface area contributed by atoms with Crippen molar-refractivity contribution in [1.82, 2.24) is 19.9 Å². The van der Waals surface area contributed by atoms with E-state index in [1.54, 1.807) is 6.33 Å². The largest absolute Gasteiger partial charge is 0.372 e. The van der Waals surface area contributed by atoms with Crippen LogP contribution in [-0.2, 0) is 4.74 Å². The molecular weight excluding hydrogens is 266 g/mol. The van der Waals surface area contributed by atoms with Crippen LogP contribution in [0.4, 0.5) is 5.82 Å².